The minimum Gasteiger partial charge on any atom is -0.493 e. The van der Waals surface area contributed by atoms with Gasteiger partial charge < -0.3 is 5.11 Å². The van der Waals surface area contributed by atoms with Crippen molar-refractivity contribution in [3.63, 3.8) is 0 Å². The molecule has 9 heavy (non-hydrogen) atoms. The lowest BCUT2D eigenvalue weighted by Crippen LogP contribution is -1.66. The maximum Gasteiger partial charge on any atom is 0.210 e. The Kier molecular flexibility index (Phi) is 4.50. The molecule has 0 saturated carbocycles. The predicted octanol–water partition coefficient (Wildman–Crippen LogP) is 1.81. The average Bonchev–Trinajstić information content (AvgIpc) is 1.94. The molecule has 1 heterocycles. The zero-order valence-electron chi connectivity index (χ0n) is 5.70. The van der Waals surface area contributed by atoms with Crippen molar-refractivity contribution in [3.8, 4) is 5.88 Å². The van der Waals surface area contributed by atoms with E-state index in [9.17, 15) is 0 Å². The van der Waals surface area contributed by atoms with Crippen molar-refractivity contribution in [3.05, 3.63) is 24.4 Å². The van der Waals surface area contributed by atoms with Crippen LogP contribution >= 0.6 is 0 Å². The summed E-state index contributed by atoms with van der Waals surface area (Å²) in [4.78, 5) is 3.53. The number of aromatic nitrogens is 1. The smallest absolute Gasteiger partial charge is 0.210 e. The molecular weight excluding hydrogens is 114 g/mol. The normalized spacial score (nSPS) is 7.33. The Morgan fingerprint density at radius 1 is 1.33 bits per heavy atom. The Hall–Kier alpha value is -1.05. The van der Waals surface area contributed by atoms with Crippen molar-refractivity contribution in [1.29, 1.82) is 0 Å². The van der Waals surface area contributed by atoms with E-state index in [4.69, 9.17) is 5.11 Å². The van der Waals surface area contributed by atoms with Crippen LogP contribution in [0.25, 0.3) is 0 Å². The van der Waals surface area contributed by atoms with Crippen LogP contribution in [0.4, 0.5) is 0 Å². The van der Waals surface area contributed by atoms with Crippen LogP contribution in [0.5, 0.6) is 5.88 Å². The Morgan fingerprint density at radius 2 is 2.00 bits per heavy atom. The second-order valence-electron chi connectivity index (χ2n) is 1.19. The minimum absolute atomic E-state index is 0.0718. The van der Waals surface area contributed by atoms with E-state index in [2.05, 4.69) is 4.98 Å². The number of aromatic hydroxyl groups is 1. The van der Waals surface area contributed by atoms with Gasteiger partial charge in [0.05, 0.1) is 0 Å². The molecule has 0 radical (unpaired) electrons. The summed E-state index contributed by atoms with van der Waals surface area (Å²) < 4.78 is 0. The number of hydrogen-bond donors (Lipinski definition) is 1. The predicted molar refractivity (Wildman–Crippen MR) is 37.2 cm³/mol. The van der Waals surface area contributed by atoms with E-state index in [1.807, 2.05) is 13.8 Å². The van der Waals surface area contributed by atoms with Gasteiger partial charge in [-0.05, 0) is 6.07 Å². The zero-order chi connectivity index (χ0) is 7.11. The van der Waals surface area contributed by atoms with E-state index in [1.54, 1.807) is 12.1 Å². The van der Waals surface area contributed by atoms with Gasteiger partial charge >= 0.3 is 0 Å². The molecule has 1 rings (SSSR count). The van der Waals surface area contributed by atoms with Crippen molar-refractivity contribution in [2.45, 2.75) is 13.8 Å². The number of pyridine rings is 1. The van der Waals surface area contributed by atoms with Crippen LogP contribution in [0.1, 0.15) is 13.8 Å². The van der Waals surface area contributed by atoms with Gasteiger partial charge in [-0.1, -0.05) is 19.9 Å². The summed E-state index contributed by atoms with van der Waals surface area (Å²) in [6, 6.07) is 5.00. The van der Waals surface area contributed by atoms with Gasteiger partial charge in [0.2, 0.25) is 5.88 Å². The molecule has 0 aliphatic rings. The third kappa shape index (κ3) is 3.53. The molecule has 50 valence electrons. The molecule has 1 N–H and O–H groups in total. The van der Waals surface area contributed by atoms with Crippen molar-refractivity contribution >= 4 is 0 Å². The highest BCUT2D eigenvalue weighted by molar-refractivity contribution is 5.06. The Morgan fingerprint density at radius 3 is 2.22 bits per heavy atom. The van der Waals surface area contributed by atoms with Gasteiger partial charge in [-0.2, -0.15) is 0 Å². The van der Waals surface area contributed by atoms with Gasteiger partial charge in [-0.25, -0.2) is 4.98 Å². The van der Waals surface area contributed by atoms with Crippen LogP contribution in [-0.4, -0.2) is 10.1 Å². The lowest BCUT2D eigenvalue weighted by molar-refractivity contribution is 0.453. The number of rotatable bonds is 0. The fourth-order valence-electron chi connectivity index (χ4n) is 0.354. The molecule has 0 aliphatic carbocycles. The molecule has 2 heteroatoms. The summed E-state index contributed by atoms with van der Waals surface area (Å²) in [7, 11) is 0. The monoisotopic (exact) mass is 125 g/mol. The summed E-state index contributed by atoms with van der Waals surface area (Å²) in [5.74, 6) is 0.0718. The Labute approximate surface area is 55.2 Å². The fraction of sp³-hybridized carbons (Fsp3) is 0.286. The molecule has 0 bridgehead atoms. The van der Waals surface area contributed by atoms with E-state index in [0.717, 1.165) is 0 Å². The van der Waals surface area contributed by atoms with E-state index < -0.39 is 0 Å². The molecule has 0 aromatic carbocycles. The van der Waals surface area contributed by atoms with Gasteiger partial charge in [0.1, 0.15) is 0 Å². The molecule has 0 saturated heterocycles. The zero-order valence-corrected chi connectivity index (χ0v) is 5.70. The molecule has 1 aromatic rings. The summed E-state index contributed by atoms with van der Waals surface area (Å²) in [6.07, 6.45) is 1.54. The van der Waals surface area contributed by atoms with Crippen LogP contribution < -0.4 is 0 Å². The van der Waals surface area contributed by atoms with Crippen LogP contribution in [0.2, 0.25) is 0 Å². The van der Waals surface area contributed by atoms with E-state index >= 15 is 0 Å². The van der Waals surface area contributed by atoms with Crippen molar-refractivity contribution in [2.24, 2.45) is 0 Å². The maximum absolute atomic E-state index is 8.52. The van der Waals surface area contributed by atoms with Crippen LogP contribution in [0.3, 0.4) is 0 Å². The average molecular weight is 125 g/mol. The first-order chi connectivity index (χ1) is 4.39. The van der Waals surface area contributed by atoms with Crippen molar-refractivity contribution < 1.29 is 5.11 Å². The molecular formula is C7H11NO. The third-order valence-corrected chi connectivity index (χ3v) is 0.649. The first kappa shape index (κ1) is 7.95. The largest absolute Gasteiger partial charge is 0.493 e. The molecule has 0 spiro atoms. The first-order valence-electron chi connectivity index (χ1n) is 2.99. The maximum atomic E-state index is 8.52. The van der Waals surface area contributed by atoms with Gasteiger partial charge in [0, 0.05) is 12.3 Å². The molecule has 0 fully saturated rings. The molecule has 0 unspecified atom stereocenters. The lowest BCUT2D eigenvalue weighted by Gasteiger charge is -1.81. The van der Waals surface area contributed by atoms with E-state index in [1.165, 1.54) is 12.3 Å². The molecule has 0 amide bonds. The highest BCUT2D eigenvalue weighted by Gasteiger charge is 1.76. The first-order valence-corrected chi connectivity index (χ1v) is 2.99. The van der Waals surface area contributed by atoms with Crippen LogP contribution in [-0.2, 0) is 0 Å². The second kappa shape index (κ2) is 5.09. The van der Waals surface area contributed by atoms with Crippen molar-refractivity contribution in [1.82, 2.24) is 4.98 Å². The second-order valence-corrected chi connectivity index (χ2v) is 1.19. The Balaban J connectivity index is 0.000000291. The minimum atomic E-state index is 0.0718. The van der Waals surface area contributed by atoms with Crippen LogP contribution in [0.15, 0.2) is 24.4 Å². The van der Waals surface area contributed by atoms with Gasteiger partial charge in [0.15, 0.2) is 0 Å². The highest BCUT2D eigenvalue weighted by Crippen LogP contribution is 1.96. The highest BCUT2D eigenvalue weighted by atomic mass is 16.3. The fourth-order valence-corrected chi connectivity index (χ4v) is 0.354. The number of hydrogen-bond acceptors (Lipinski definition) is 2. The van der Waals surface area contributed by atoms with Gasteiger partial charge in [-0.15, -0.1) is 0 Å². The standard InChI is InChI=1S/C5H5NO.C2H6/c7-5-3-1-2-4-6-5;1-2/h1-4H,(H,6,7);1-2H3. The van der Waals surface area contributed by atoms with Crippen LogP contribution in [0, 0.1) is 0 Å². The summed E-state index contributed by atoms with van der Waals surface area (Å²) in [6.45, 7) is 4.00. The third-order valence-electron chi connectivity index (χ3n) is 0.649. The quantitative estimate of drug-likeness (QED) is 0.573. The van der Waals surface area contributed by atoms with Gasteiger partial charge in [0.25, 0.3) is 0 Å². The molecule has 1 aromatic heterocycles. The summed E-state index contributed by atoms with van der Waals surface area (Å²) in [5, 5.41) is 8.52. The topological polar surface area (TPSA) is 33.1 Å². The summed E-state index contributed by atoms with van der Waals surface area (Å²) >= 11 is 0. The van der Waals surface area contributed by atoms with Gasteiger partial charge in [-0.3, -0.25) is 0 Å². The SMILES string of the molecule is CC.Oc1ccccn1. The van der Waals surface area contributed by atoms with Crippen molar-refractivity contribution in [2.75, 3.05) is 0 Å². The van der Waals surface area contributed by atoms with E-state index in [0.29, 0.717) is 0 Å². The summed E-state index contributed by atoms with van der Waals surface area (Å²) in [5.41, 5.74) is 0. The Bertz CT molecular complexity index is 139. The number of nitrogens with zero attached hydrogens (tertiary/aromatic N) is 1. The molecule has 0 atom stereocenters. The lowest BCUT2D eigenvalue weighted by atomic mass is 10.5. The molecule has 2 nitrogen and oxygen atoms in total. The molecule has 0 aliphatic heterocycles. The van der Waals surface area contributed by atoms with E-state index in [-0.39, 0.29) is 5.88 Å².